The Morgan fingerprint density at radius 3 is 2.42 bits per heavy atom. The largest absolute Gasteiger partial charge is 0.452 e. The van der Waals surface area contributed by atoms with Gasteiger partial charge in [0.05, 0.1) is 16.1 Å². The molecule has 0 aliphatic heterocycles. The molecule has 0 heterocycles. The molecule has 0 saturated heterocycles. The zero-order valence-electron chi connectivity index (χ0n) is 12.8. The van der Waals surface area contributed by atoms with Gasteiger partial charge in [-0.25, -0.2) is 27.1 Å². The van der Waals surface area contributed by atoms with Crippen LogP contribution in [-0.2, 0) is 19.6 Å². The summed E-state index contributed by atoms with van der Waals surface area (Å²) in [7, 11) is -4.16. The number of carbonyl (C=O) groups is 2. The van der Waals surface area contributed by atoms with Gasteiger partial charge in [0.15, 0.2) is 6.61 Å². The molecule has 0 bridgehead atoms. The molecule has 26 heavy (non-hydrogen) atoms. The quantitative estimate of drug-likeness (QED) is 0.740. The second-order valence-electron chi connectivity index (χ2n) is 4.94. The highest BCUT2D eigenvalue weighted by molar-refractivity contribution is 7.89. The first-order chi connectivity index (χ1) is 12.1. The van der Waals surface area contributed by atoms with Gasteiger partial charge < -0.3 is 10.1 Å². The molecule has 0 fully saturated rings. The van der Waals surface area contributed by atoms with Gasteiger partial charge in [0, 0.05) is 5.02 Å². The number of esters is 1. The molecule has 0 spiro atoms. The smallest absolute Gasteiger partial charge is 0.341 e. The molecule has 2 aromatic carbocycles. The van der Waals surface area contributed by atoms with Crippen LogP contribution in [0, 0.1) is 11.6 Å². The fourth-order valence-corrected chi connectivity index (χ4v) is 2.52. The minimum atomic E-state index is -4.16. The van der Waals surface area contributed by atoms with E-state index in [4.69, 9.17) is 16.7 Å². The summed E-state index contributed by atoms with van der Waals surface area (Å²) in [5.41, 5.74) is -0.917. The normalized spacial score (nSPS) is 11.1. The van der Waals surface area contributed by atoms with E-state index >= 15 is 0 Å². The minimum absolute atomic E-state index is 0.122. The molecule has 0 unspecified atom stereocenters. The van der Waals surface area contributed by atoms with Crippen molar-refractivity contribution >= 4 is 39.2 Å². The summed E-state index contributed by atoms with van der Waals surface area (Å²) in [5.74, 6) is -4.06. The Morgan fingerprint density at radius 2 is 1.81 bits per heavy atom. The lowest BCUT2D eigenvalue weighted by molar-refractivity contribution is -0.119. The van der Waals surface area contributed by atoms with Gasteiger partial charge in [0.25, 0.3) is 5.91 Å². The predicted octanol–water partition coefficient (Wildman–Crippen LogP) is 2.06. The van der Waals surface area contributed by atoms with Crippen LogP contribution in [-0.4, -0.2) is 26.9 Å². The van der Waals surface area contributed by atoms with E-state index in [0.29, 0.717) is 6.07 Å². The van der Waals surface area contributed by atoms with E-state index in [0.717, 1.165) is 18.2 Å². The number of primary sulfonamides is 1. The lowest BCUT2D eigenvalue weighted by atomic mass is 10.2. The van der Waals surface area contributed by atoms with Crippen molar-refractivity contribution in [2.45, 2.75) is 4.90 Å². The van der Waals surface area contributed by atoms with Crippen LogP contribution >= 0.6 is 11.6 Å². The third-order valence-corrected chi connectivity index (χ3v) is 4.17. The summed E-state index contributed by atoms with van der Waals surface area (Å²) in [6.45, 7) is -0.861. The second kappa shape index (κ2) is 7.77. The Morgan fingerprint density at radius 1 is 1.12 bits per heavy atom. The third-order valence-electron chi connectivity index (χ3n) is 3.03. The molecular formula is C15H11ClF2N2O5S. The van der Waals surface area contributed by atoms with Crippen molar-refractivity contribution in [1.29, 1.82) is 0 Å². The van der Waals surface area contributed by atoms with Crippen LogP contribution in [0.4, 0.5) is 14.5 Å². The minimum Gasteiger partial charge on any atom is -0.452 e. The van der Waals surface area contributed by atoms with Gasteiger partial charge in [-0.3, -0.25) is 4.79 Å². The van der Waals surface area contributed by atoms with E-state index in [2.05, 4.69) is 10.1 Å². The molecule has 11 heteroatoms. The van der Waals surface area contributed by atoms with Gasteiger partial charge in [0.1, 0.15) is 11.6 Å². The van der Waals surface area contributed by atoms with Crippen LogP contribution in [0.15, 0.2) is 41.3 Å². The number of benzene rings is 2. The van der Waals surface area contributed by atoms with E-state index in [-0.39, 0.29) is 10.7 Å². The number of ether oxygens (including phenoxy) is 1. The number of rotatable bonds is 5. The van der Waals surface area contributed by atoms with Gasteiger partial charge in [-0.1, -0.05) is 11.6 Å². The van der Waals surface area contributed by atoms with E-state index in [1.165, 1.54) is 12.1 Å². The molecule has 0 aliphatic carbocycles. The molecule has 3 N–H and O–H groups in total. The molecule has 0 atom stereocenters. The summed E-state index contributed by atoms with van der Waals surface area (Å²) in [6, 6.07) is 5.78. The molecule has 0 aliphatic rings. The first kappa shape index (κ1) is 19.8. The van der Waals surface area contributed by atoms with Crippen LogP contribution in [0.3, 0.4) is 0 Å². The summed E-state index contributed by atoms with van der Waals surface area (Å²) in [6.07, 6.45) is 0. The van der Waals surface area contributed by atoms with Crippen molar-refractivity contribution in [2.24, 2.45) is 5.14 Å². The van der Waals surface area contributed by atoms with Gasteiger partial charge in [0.2, 0.25) is 10.0 Å². The van der Waals surface area contributed by atoms with Crippen molar-refractivity contribution in [3.8, 4) is 0 Å². The number of anilines is 1. The monoisotopic (exact) mass is 404 g/mol. The Hall–Kier alpha value is -2.56. The number of hydrogen-bond acceptors (Lipinski definition) is 5. The molecule has 0 saturated carbocycles. The number of carbonyl (C=O) groups excluding carboxylic acids is 2. The molecule has 7 nitrogen and oxygen atoms in total. The van der Waals surface area contributed by atoms with Gasteiger partial charge in [-0.05, 0) is 36.4 Å². The lowest BCUT2D eigenvalue weighted by Gasteiger charge is -2.09. The molecule has 0 radical (unpaired) electrons. The predicted molar refractivity (Wildman–Crippen MR) is 88.1 cm³/mol. The Balaban J connectivity index is 2.05. The third kappa shape index (κ3) is 4.97. The van der Waals surface area contributed by atoms with Crippen molar-refractivity contribution in [3.05, 3.63) is 58.6 Å². The number of hydrogen-bond donors (Lipinski definition) is 2. The molecule has 138 valence electrons. The molecular weight excluding hydrogens is 394 g/mol. The second-order valence-corrected chi connectivity index (χ2v) is 6.93. The van der Waals surface area contributed by atoms with E-state index < -0.39 is 50.6 Å². The summed E-state index contributed by atoms with van der Waals surface area (Å²) in [4.78, 5) is 23.0. The van der Waals surface area contributed by atoms with Crippen molar-refractivity contribution in [3.63, 3.8) is 0 Å². The standard InChI is InChI=1S/C15H11ClF2N2O5S/c16-8-1-4-13(12(18)5-8)20-14(21)7-25-15(22)10-6-9(26(19,23)24)2-3-11(10)17/h1-6H,7H2,(H,20,21)(H2,19,23,24). The Bertz CT molecular complexity index is 982. The molecule has 1 amide bonds. The topological polar surface area (TPSA) is 116 Å². The van der Waals surface area contributed by atoms with Gasteiger partial charge in [-0.15, -0.1) is 0 Å². The first-order valence-electron chi connectivity index (χ1n) is 6.82. The number of nitrogens with one attached hydrogen (secondary N) is 1. The number of halogens is 3. The van der Waals surface area contributed by atoms with E-state index in [1.54, 1.807) is 0 Å². The summed E-state index contributed by atoms with van der Waals surface area (Å²) < 4.78 is 54.3. The van der Waals surface area contributed by atoms with E-state index in [1.807, 2.05) is 0 Å². The molecule has 2 rings (SSSR count). The van der Waals surface area contributed by atoms with Crippen molar-refractivity contribution in [2.75, 3.05) is 11.9 Å². The summed E-state index contributed by atoms with van der Waals surface area (Å²) in [5, 5.41) is 7.15. The highest BCUT2D eigenvalue weighted by Crippen LogP contribution is 2.19. The zero-order chi connectivity index (χ0) is 19.5. The maximum absolute atomic E-state index is 13.7. The van der Waals surface area contributed by atoms with E-state index in [9.17, 15) is 26.8 Å². The first-order valence-corrected chi connectivity index (χ1v) is 8.75. The molecule has 2 aromatic rings. The Kier molecular flexibility index (Phi) is 5.90. The van der Waals surface area contributed by atoms with Gasteiger partial charge in [-0.2, -0.15) is 0 Å². The maximum Gasteiger partial charge on any atom is 0.341 e. The molecule has 0 aromatic heterocycles. The van der Waals surface area contributed by atoms with Crippen LogP contribution in [0.2, 0.25) is 5.02 Å². The number of nitrogens with two attached hydrogens (primary N) is 1. The SMILES string of the molecule is NS(=O)(=O)c1ccc(F)c(C(=O)OCC(=O)Nc2ccc(Cl)cc2F)c1. The highest BCUT2D eigenvalue weighted by Gasteiger charge is 2.19. The van der Waals surface area contributed by atoms with Gasteiger partial charge >= 0.3 is 5.97 Å². The highest BCUT2D eigenvalue weighted by atomic mass is 35.5. The number of sulfonamides is 1. The van der Waals surface area contributed by atoms with Crippen LogP contribution < -0.4 is 10.5 Å². The fourth-order valence-electron chi connectivity index (χ4n) is 1.82. The lowest BCUT2D eigenvalue weighted by Crippen LogP contribution is -2.22. The van der Waals surface area contributed by atoms with Crippen LogP contribution in [0.5, 0.6) is 0 Å². The van der Waals surface area contributed by atoms with Crippen LogP contribution in [0.25, 0.3) is 0 Å². The van der Waals surface area contributed by atoms with Crippen molar-refractivity contribution < 1.29 is 31.5 Å². The summed E-state index contributed by atoms with van der Waals surface area (Å²) >= 11 is 5.57. The average Bonchev–Trinajstić information content (AvgIpc) is 2.54. The Labute approximate surface area is 151 Å². The zero-order valence-corrected chi connectivity index (χ0v) is 14.4. The maximum atomic E-state index is 13.7. The average molecular weight is 405 g/mol. The fraction of sp³-hybridized carbons (Fsp3) is 0.0667. The van der Waals surface area contributed by atoms with Crippen molar-refractivity contribution in [1.82, 2.24) is 0 Å². The van der Waals surface area contributed by atoms with Crippen LogP contribution in [0.1, 0.15) is 10.4 Å². The number of amides is 1.